The van der Waals surface area contributed by atoms with Crippen LogP contribution in [0.3, 0.4) is 0 Å². The smallest absolute Gasteiger partial charge is 0.257 e. The largest absolute Gasteiger partial charge is 0.339 e. The molecule has 0 spiro atoms. The Kier molecular flexibility index (Phi) is 5.77. The van der Waals surface area contributed by atoms with Crippen LogP contribution in [0.2, 0.25) is 0 Å². The highest BCUT2D eigenvalue weighted by Crippen LogP contribution is 2.71. The van der Waals surface area contributed by atoms with Crippen LogP contribution in [0.25, 0.3) is 11.1 Å². The number of aromatic nitrogens is 4. The van der Waals surface area contributed by atoms with Crippen LogP contribution in [0.4, 0.5) is 18.9 Å². The lowest BCUT2D eigenvalue weighted by molar-refractivity contribution is -0.215. The van der Waals surface area contributed by atoms with Crippen molar-refractivity contribution in [1.29, 1.82) is 0 Å². The van der Waals surface area contributed by atoms with Crippen molar-refractivity contribution in [1.82, 2.24) is 19.9 Å². The van der Waals surface area contributed by atoms with Gasteiger partial charge < -0.3 is 9.42 Å². The van der Waals surface area contributed by atoms with E-state index >= 15 is 0 Å². The van der Waals surface area contributed by atoms with Crippen LogP contribution in [0, 0.1) is 10.8 Å². The highest BCUT2D eigenvalue weighted by Gasteiger charge is 2.69. The van der Waals surface area contributed by atoms with Crippen LogP contribution in [0.1, 0.15) is 94.7 Å². The fourth-order valence-corrected chi connectivity index (χ4v) is 8.51. The summed E-state index contributed by atoms with van der Waals surface area (Å²) >= 11 is 0. The molecule has 4 bridgehead atoms. The lowest BCUT2D eigenvalue weighted by Crippen LogP contribution is -2.65. The Labute approximate surface area is 242 Å². The van der Waals surface area contributed by atoms with Crippen LogP contribution in [-0.4, -0.2) is 44.5 Å². The van der Waals surface area contributed by atoms with Gasteiger partial charge in [-0.2, -0.15) is 10.1 Å². The number of hydrogen-bond acceptors (Lipinski definition) is 5. The number of anilines is 1. The number of benzene rings is 1. The van der Waals surface area contributed by atoms with Crippen molar-refractivity contribution in [2.45, 2.75) is 107 Å². The summed E-state index contributed by atoms with van der Waals surface area (Å²) in [6.45, 7) is 0.155. The quantitative estimate of drug-likeness (QED) is 0.259. The minimum atomic E-state index is -2.48. The van der Waals surface area contributed by atoms with Gasteiger partial charge in [0.05, 0.1) is 6.20 Å². The van der Waals surface area contributed by atoms with Gasteiger partial charge in [0.1, 0.15) is 12.2 Å². The number of alkyl halides is 3. The van der Waals surface area contributed by atoms with Gasteiger partial charge in [-0.15, -0.1) is 0 Å². The van der Waals surface area contributed by atoms with Gasteiger partial charge in [0.15, 0.2) is 5.82 Å². The van der Waals surface area contributed by atoms with Crippen LogP contribution in [-0.2, 0) is 16.8 Å². The number of hydrogen-bond donors (Lipinski definition) is 0. The van der Waals surface area contributed by atoms with Gasteiger partial charge >= 0.3 is 0 Å². The van der Waals surface area contributed by atoms with Crippen LogP contribution < -0.4 is 4.90 Å². The van der Waals surface area contributed by atoms with E-state index in [4.69, 9.17) is 9.51 Å². The Morgan fingerprint density at radius 1 is 1.05 bits per heavy atom. The molecule has 7 saturated carbocycles. The topological polar surface area (TPSA) is 77.1 Å². The minimum Gasteiger partial charge on any atom is -0.339 e. The van der Waals surface area contributed by atoms with Gasteiger partial charge in [-0.1, -0.05) is 17.3 Å². The summed E-state index contributed by atoms with van der Waals surface area (Å²) in [4.78, 5) is 20.8. The molecule has 3 aromatic rings. The third-order valence-corrected chi connectivity index (χ3v) is 11.1. The van der Waals surface area contributed by atoms with Crippen molar-refractivity contribution in [3.05, 3.63) is 48.4 Å². The zero-order chi connectivity index (χ0) is 28.7. The van der Waals surface area contributed by atoms with E-state index < -0.39 is 18.6 Å². The zero-order valence-corrected chi connectivity index (χ0v) is 23.7. The summed E-state index contributed by atoms with van der Waals surface area (Å²) in [6, 6.07) is 7.74. The Bertz CT molecular complexity index is 1480. The van der Waals surface area contributed by atoms with Crippen molar-refractivity contribution >= 4 is 11.6 Å². The van der Waals surface area contributed by atoms with Crippen molar-refractivity contribution in [3.8, 4) is 11.1 Å². The van der Waals surface area contributed by atoms with Gasteiger partial charge in [-0.3, -0.25) is 9.48 Å². The second-order valence-electron chi connectivity index (χ2n) is 14.2. The molecule has 0 saturated heterocycles. The maximum Gasteiger partial charge on any atom is 0.257 e. The fourth-order valence-electron chi connectivity index (χ4n) is 8.51. The molecule has 0 atom stereocenters. The van der Waals surface area contributed by atoms with Crippen molar-refractivity contribution in [3.63, 3.8) is 0 Å². The average molecular weight is 580 g/mol. The predicted molar refractivity (Wildman–Crippen MR) is 149 cm³/mol. The lowest BCUT2D eigenvalue weighted by Gasteiger charge is -2.66. The van der Waals surface area contributed by atoms with E-state index in [-0.39, 0.29) is 22.2 Å². The van der Waals surface area contributed by atoms with Crippen LogP contribution in [0.5, 0.6) is 0 Å². The van der Waals surface area contributed by atoms with Crippen molar-refractivity contribution < 1.29 is 22.5 Å². The van der Waals surface area contributed by atoms with E-state index in [9.17, 15) is 18.0 Å². The molecule has 0 radical (unpaired) electrons. The minimum absolute atomic E-state index is 0.00432. The molecule has 7 fully saturated rings. The molecule has 1 aromatic carbocycles. The Morgan fingerprint density at radius 3 is 2.45 bits per heavy atom. The van der Waals surface area contributed by atoms with Gasteiger partial charge in [0, 0.05) is 41.7 Å². The third-order valence-electron chi connectivity index (χ3n) is 11.1. The normalized spacial score (nSPS) is 33.0. The molecule has 2 aromatic heterocycles. The first-order valence-corrected chi connectivity index (χ1v) is 15.4. The molecule has 0 unspecified atom stereocenters. The van der Waals surface area contributed by atoms with E-state index in [2.05, 4.69) is 10.3 Å². The third kappa shape index (κ3) is 4.47. The monoisotopic (exact) mass is 579 g/mol. The molecule has 42 heavy (non-hydrogen) atoms. The molecule has 0 aliphatic heterocycles. The maximum absolute atomic E-state index is 14.3. The zero-order valence-electron chi connectivity index (χ0n) is 23.7. The summed E-state index contributed by atoms with van der Waals surface area (Å²) in [5.41, 5.74) is 1.04. The second kappa shape index (κ2) is 9.16. The molecule has 10 rings (SSSR count). The second-order valence-corrected chi connectivity index (χ2v) is 14.2. The summed E-state index contributed by atoms with van der Waals surface area (Å²) < 4.78 is 47.2. The fraction of sp³-hybridized carbons (Fsp3) is 0.625. The number of amides is 1. The number of rotatable bonds is 10. The SMILES string of the molecule is O=C(CC12CC(F)(C1)C2)N(CC12CCC(c3nc(C4CC4)no3)(CC1)CC2)c1cccc(-c2cnn(CC(F)F)c2)c1. The van der Waals surface area contributed by atoms with Gasteiger partial charge in [0.25, 0.3) is 6.43 Å². The van der Waals surface area contributed by atoms with Gasteiger partial charge in [-0.25, -0.2) is 13.2 Å². The molecule has 222 valence electrons. The Morgan fingerprint density at radius 2 is 1.79 bits per heavy atom. The first kappa shape index (κ1) is 26.5. The summed E-state index contributed by atoms with van der Waals surface area (Å²) in [7, 11) is 0. The standard InChI is InChI=1S/C32H36F3N5O2/c33-25(34)16-39-15-23(14-36-39)22-2-1-3-24(12-22)40(26(41)13-30-17-32(35,18-30)19-30)20-29-6-9-31(10-7-29,11-8-29)28-37-27(38-42-28)21-4-5-21/h1-3,12,14-15,21,25H,4-11,13,16-20H2. The molecule has 0 N–H and O–H groups in total. The number of halogens is 3. The number of carbonyl (C=O) groups excluding carboxylic acids is 1. The number of nitrogens with zero attached hydrogens (tertiary/aromatic N) is 5. The first-order valence-electron chi connectivity index (χ1n) is 15.4. The molecule has 1 amide bonds. The summed E-state index contributed by atoms with van der Waals surface area (Å²) in [5.74, 6) is 2.17. The van der Waals surface area contributed by atoms with E-state index in [1.807, 2.05) is 29.2 Å². The lowest BCUT2D eigenvalue weighted by atomic mass is 9.41. The highest BCUT2D eigenvalue weighted by molar-refractivity contribution is 5.95. The molecular formula is C32H36F3N5O2. The molecule has 7 aliphatic carbocycles. The van der Waals surface area contributed by atoms with Gasteiger partial charge in [0.2, 0.25) is 11.8 Å². The van der Waals surface area contributed by atoms with Crippen LogP contribution in [0.15, 0.2) is 41.2 Å². The molecule has 7 nitrogen and oxygen atoms in total. The summed E-state index contributed by atoms with van der Waals surface area (Å²) in [6.07, 6.45) is 10.7. The Hall–Kier alpha value is -3.17. The van der Waals surface area contributed by atoms with Crippen molar-refractivity contribution in [2.75, 3.05) is 11.4 Å². The number of fused-ring (bicyclic) bond motifs is 3. The molecule has 2 heterocycles. The van der Waals surface area contributed by atoms with E-state index in [0.29, 0.717) is 38.1 Å². The highest BCUT2D eigenvalue weighted by atomic mass is 19.3. The van der Waals surface area contributed by atoms with E-state index in [1.54, 1.807) is 12.4 Å². The molecule has 10 heteroatoms. The van der Waals surface area contributed by atoms with E-state index in [1.165, 1.54) is 4.68 Å². The summed E-state index contributed by atoms with van der Waals surface area (Å²) in [5, 5.41) is 8.38. The maximum atomic E-state index is 14.3. The van der Waals surface area contributed by atoms with E-state index in [0.717, 1.165) is 79.9 Å². The van der Waals surface area contributed by atoms with Crippen molar-refractivity contribution in [2.24, 2.45) is 10.8 Å². The average Bonchev–Trinajstić information content (AvgIpc) is 3.48. The Balaban J connectivity index is 1.04. The van der Waals surface area contributed by atoms with Gasteiger partial charge in [-0.05, 0) is 99.2 Å². The van der Waals surface area contributed by atoms with Crippen LogP contribution >= 0.6 is 0 Å². The predicted octanol–water partition coefficient (Wildman–Crippen LogP) is 6.98. The number of carbonyl (C=O) groups is 1. The first-order chi connectivity index (χ1) is 20.2. The molecule has 7 aliphatic rings. The molecular weight excluding hydrogens is 543 g/mol.